The Morgan fingerprint density at radius 3 is 2.55 bits per heavy atom. The van der Waals surface area contributed by atoms with E-state index in [1.54, 1.807) is 18.2 Å². The molecular formula is C15H11FN4OS. The highest BCUT2D eigenvalue weighted by Gasteiger charge is 2.06. The summed E-state index contributed by atoms with van der Waals surface area (Å²) in [5, 5.41) is 11.7. The fraction of sp³-hybridized carbons (Fsp3) is 0. The van der Waals surface area contributed by atoms with Gasteiger partial charge in [0.2, 0.25) is 0 Å². The molecule has 2 aromatic rings. The van der Waals surface area contributed by atoms with E-state index < -0.39 is 5.91 Å². The maximum absolute atomic E-state index is 12.8. The van der Waals surface area contributed by atoms with Crippen molar-refractivity contribution in [3.05, 3.63) is 65.5 Å². The second kappa shape index (κ2) is 7.15. The summed E-state index contributed by atoms with van der Waals surface area (Å²) in [6, 6.07) is 13.8. The highest BCUT2D eigenvalue weighted by atomic mass is 32.1. The number of halogens is 1. The third kappa shape index (κ3) is 4.26. The number of nitriles is 1. The van der Waals surface area contributed by atoms with Crippen LogP contribution in [0.4, 0.5) is 10.1 Å². The van der Waals surface area contributed by atoms with Gasteiger partial charge in [-0.05, 0) is 54.7 Å². The zero-order valence-corrected chi connectivity index (χ0v) is 12.1. The molecule has 0 saturated carbocycles. The molecule has 3 N–H and O–H groups in total. The first-order valence-corrected chi connectivity index (χ1v) is 6.62. The van der Waals surface area contributed by atoms with Crippen molar-refractivity contribution < 1.29 is 9.18 Å². The topological polar surface area (TPSA) is 77.0 Å². The van der Waals surface area contributed by atoms with Crippen molar-refractivity contribution in [2.24, 2.45) is 0 Å². The fourth-order valence-electron chi connectivity index (χ4n) is 1.61. The Balaban J connectivity index is 1.89. The van der Waals surface area contributed by atoms with Crippen LogP contribution in [-0.4, -0.2) is 11.0 Å². The van der Waals surface area contributed by atoms with Gasteiger partial charge in [0.1, 0.15) is 5.82 Å². The standard InChI is InChI=1S/C15H11FN4OS/c16-12-4-6-13(7-5-12)18-15(22)20-19-14(21)11-3-1-2-10(8-11)9-17/h1-8H,(H,19,21)(H2,18,20,22). The third-order valence-corrected chi connectivity index (χ3v) is 2.85. The second-order valence-electron chi connectivity index (χ2n) is 4.23. The normalized spacial score (nSPS) is 9.45. The summed E-state index contributed by atoms with van der Waals surface area (Å²) in [5.41, 5.74) is 6.23. The lowest BCUT2D eigenvalue weighted by atomic mass is 10.1. The molecule has 2 aromatic carbocycles. The Labute approximate surface area is 131 Å². The quantitative estimate of drug-likeness (QED) is 0.586. The first-order chi connectivity index (χ1) is 10.6. The number of benzene rings is 2. The molecule has 0 saturated heterocycles. The first kappa shape index (κ1) is 15.4. The maximum Gasteiger partial charge on any atom is 0.269 e. The summed E-state index contributed by atoms with van der Waals surface area (Å²) < 4.78 is 12.8. The van der Waals surface area contributed by atoms with Gasteiger partial charge in [-0.3, -0.25) is 15.6 Å². The molecule has 1 amide bonds. The van der Waals surface area contributed by atoms with E-state index in [9.17, 15) is 9.18 Å². The number of thiocarbonyl (C=S) groups is 1. The minimum atomic E-state index is -0.430. The number of hydrazine groups is 1. The van der Waals surface area contributed by atoms with E-state index in [1.165, 1.54) is 30.3 Å². The molecule has 22 heavy (non-hydrogen) atoms. The summed E-state index contributed by atoms with van der Waals surface area (Å²) in [6.45, 7) is 0. The molecule has 7 heteroatoms. The lowest BCUT2D eigenvalue weighted by Gasteiger charge is -2.11. The minimum absolute atomic E-state index is 0.149. The average molecular weight is 314 g/mol. The van der Waals surface area contributed by atoms with Gasteiger partial charge in [-0.1, -0.05) is 6.07 Å². The SMILES string of the molecule is N#Cc1cccc(C(=O)NNC(=S)Nc2ccc(F)cc2)c1. The Morgan fingerprint density at radius 1 is 1.14 bits per heavy atom. The van der Waals surface area contributed by atoms with Crippen LogP contribution in [0.2, 0.25) is 0 Å². The van der Waals surface area contributed by atoms with Crippen molar-refractivity contribution in [1.29, 1.82) is 5.26 Å². The van der Waals surface area contributed by atoms with Gasteiger partial charge in [0.05, 0.1) is 11.6 Å². The first-order valence-electron chi connectivity index (χ1n) is 6.21. The predicted molar refractivity (Wildman–Crippen MR) is 84.4 cm³/mol. The van der Waals surface area contributed by atoms with Gasteiger partial charge in [0, 0.05) is 11.3 Å². The van der Waals surface area contributed by atoms with Crippen LogP contribution in [0.3, 0.4) is 0 Å². The smallest absolute Gasteiger partial charge is 0.269 e. The second-order valence-corrected chi connectivity index (χ2v) is 4.64. The Morgan fingerprint density at radius 2 is 1.86 bits per heavy atom. The van der Waals surface area contributed by atoms with Gasteiger partial charge in [0.15, 0.2) is 5.11 Å². The summed E-state index contributed by atoms with van der Waals surface area (Å²) >= 11 is 5.00. The van der Waals surface area contributed by atoms with Crippen LogP contribution in [-0.2, 0) is 0 Å². The molecule has 0 heterocycles. The van der Waals surface area contributed by atoms with Crippen LogP contribution in [0.25, 0.3) is 0 Å². The molecule has 0 spiro atoms. The van der Waals surface area contributed by atoms with Crippen molar-refractivity contribution in [3.8, 4) is 6.07 Å². The van der Waals surface area contributed by atoms with Gasteiger partial charge >= 0.3 is 0 Å². The highest BCUT2D eigenvalue weighted by molar-refractivity contribution is 7.80. The Kier molecular flexibility index (Phi) is 5.01. The van der Waals surface area contributed by atoms with E-state index in [2.05, 4.69) is 16.2 Å². The minimum Gasteiger partial charge on any atom is -0.331 e. The number of carbonyl (C=O) groups is 1. The van der Waals surface area contributed by atoms with Crippen LogP contribution in [0.5, 0.6) is 0 Å². The van der Waals surface area contributed by atoms with Crippen LogP contribution in [0.15, 0.2) is 48.5 Å². The van der Waals surface area contributed by atoms with Crippen molar-refractivity contribution >= 4 is 28.9 Å². The lowest BCUT2D eigenvalue weighted by molar-refractivity contribution is 0.0944. The molecule has 2 rings (SSSR count). The van der Waals surface area contributed by atoms with Crippen LogP contribution >= 0.6 is 12.2 Å². The maximum atomic E-state index is 12.8. The lowest BCUT2D eigenvalue weighted by Crippen LogP contribution is -2.43. The van der Waals surface area contributed by atoms with E-state index >= 15 is 0 Å². The number of rotatable bonds is 2. The Bertz CT molecular complexity index is 740. The van der Waals surface area contributed by atoms with Crippen molar-refractivity contribution in [1.82, 2.24) is 10.9 Å². The largest absolute Gasteiger partial charge is 0.331 e. The molecule has 0 atom stereocenters. The molecule has 0 bridgehead atoms. The van der Waals surface area contributed by atoms with Crippen LogP contribution in [0, 0.1) is 17.1 Å². The van der Waals surface area contributed by atoms with E-state index in [-0.39, 0.29) is 10.9 Å². The number of hydrogen-bond donors (Lipinski definition) is 3. The molecule has 5 nitrogen and oxygen atoms in total. The van der Waals surface area contributed by atoms with E-state index in [0.717, 1.165) is 0 Å². The molecule has 0 aliphatic carbocycles. The Hall–Kier alpha value is -2.98. The van der Waals surface area contributed by atoms with Crippen molar-refractivity contribution in [3.63, 3.8) is 0 Å². The summed E-state index contributed by atoms with van der Waals surface area (Å²) in [6.07, 6.45) is 0. The highest BCUT2D eigenvalue weighted by Crippen LogP contribution is 2.07. The number of nitrogens with one attached hydrogen (secondary N) is 3. The zero-order chi connectivity index (χ0) is 15.9. The molecule has 110 valence electrons. The molecule has 0 aliphatic heterocycles. The molecule has 0 fully saturated rings. The van der Waals surface area contributed by atoms with Crippen LogP contribution in [0.1, 0.15) is 15.9 Å². The summed E-state index contributed by atoms with van der Waals surface area (Å²) in [7, 11) is 0. The van der Waals surface area contributed by atoms with E-state index in [1.807, 2.05) is 6.07 Å². The number of anilines is 1. The number of amides is 1. The van der Waals surface area contributed by atoms with Gasteiger partial charge in [-0.15, -0.1) is 0 Å². The monoisotopic (exact) mass is 314 g/mol. The zero-order valence-electron chi connectivity index (χ0n) is 11.3. The van der Waals surface area contributed by atoms with Gasteiger partial charge in [-0.25, -0.2) is 4.39 Å². The van der Waals surface area contributed by atoms with Crippen molar-refractivity contribution in [2.75, 3.05) is 5.32 Å². The number of nitrogens with zero attached hydrogens (tertiary/aromatic N) is 1. The number of hydrogen-bond acceptors (Lipinski definition) is 3. The van der Waals surface area contributed by atoms with E-state index in [0.29, 0.717) is 16.8 Å². The molecule has 0 unspecified atom stereocenters. The van der Waals surface area contributed by atoms with Crippen molar-refractivity contribution in [2.45, 2.75) is 0 Å². The number of carbonyl (C=O) groups excluding carboxylic acids is 1. The van der Waals surface area contributed by atoms with Crippen LogP contribution < -0.4 is 16.2 Å². The third-order valence-electron chi connectivity index (χ3n) is 2.65. The van der Waals surface area contributed by atoms with Gasteiger partial charge in [0.25, 0.3) is 5.91 Å². The fourth-order valence-corrected chi connectivity index (χ4v) is 1.78. The molecule has 0 radical (unpaired) electrons. The van der Waals surface area contributed by atoms with E-state index in [4.69, 9.17) is 17.5 Å². The average Bonchev–Trinajstić information content (AvgIpc) is 2.55. The van der Waals surface area contributed by atoms with Gasteiger partial charge < -0.3 is 5.32 Å². The van der Waals surface area contributed by atoms with Gasteiger partial charge in [-0.2, -0.15) is 5.26 Å². The summed E-state index contributed by atoms with van der Waals surface area (Å²) in [4.78, 5) is 11.9. The predicted octanol–water partition coefficient (Wildman–Crippen LogP) is 2.33. The summed E-state index contributed by atoms with van der Waals surface area (Å²) in [5.74, 6) is -0.782. The molecule has 0 aliphatic rings. The molecule has 0 aromatic heterocycles. The molecular weight excluding hydrogens is 303 g/mol.